The summed E-state index contributed by atoms with van der Waals surface area (Å²) in [6.07, 6.45) is 1.46. The molecule has 0 radical (unpaired) electrons. The molecule has 2 aromatic heterocycles. The summed E-state index contributed by atoms with van der Waals surface area (Å²) < 4.78 is 0. The van der Waals surface area contributed by atoms with Crippen molar-refractivity contribution in [2.24, 2.45) is 0 Å². The minimum absolute atomic E-state index is 0.218. The number of halogens is 1. The highest BCUT2D eigenvalue weighted by Crippen LogP contribution is 2.27. The number of amides is 3. The van der Waals surface area contributed by atoms with Crippen molar-refractivity contribution < 1.29 is 9.59 Å². The molecule has 2 N–H and O–H groups in total. The van der Waals surface area contributed by atoms with Gasteiger partial charge in [-0.15, -0.1) is 11.3 Å². The van der Waals surface area contributed by atoms with Crippen LogP contribution < -0.4 is 10.6 Å². The molecule has 0 spiro atoms. The predicted molar refractivity (Wildman–Crippen MR) is 103 cm³/mol. The van der Waals surface area contributed by atoms with Crippen molar-refractivity contribution in [3.05, 3.63) is 63.8 Å². The monoisotopic (exact) mass is 386 g/mol. The van der Waals surface area contributed by atoms with E-state index in [1.54, 1.807) is 29.5 Å². The van der Waals surface area contributed by atoms with Crippen molar-refractivity contribution in [2.75, 3.05) is 5.32 Å². The molecule has 3 aromatic rings. The van der Waals surface area contributed by atoms with Gasteiger partial charge < -0.3 is 0 Å². The first kappa shape index (κ1) is 18.0. The Morgan fingerprint density at radius 2 is 1.96 bits per heavy atom. The van der Waals surface area contributed by atoms with Crippen LogP contribution in [-0.4, -0.2) is 21.9 Å². The number of carbonyl (C=O) groups excluding carboxylic acids is 2. The summed E-state index contributed by atoms with van der Waals surface area (Å²) in [7, 11) is 0. The number of carbonyl (C=O) groups is 2. The van der Waals surface area contributed by atoms with Crippen LogP contribution in [0.25, 0.3) is 10.6 Å². The topological polar surface area (TPSA) is 84.0 Å². The Morgan fingerprint density at radius 3 is 2.62 bits per heavy atom. The molecule has 0 aliphatic rings. The van der Waals surface area contributed by atoms with Crippen LogP contribution in [0, 0.1) is 13.8 Å². The molecule has 3 rings (SSSR count). The molecule has 6 nitrogen and oxygen atoms in total. The van der Waals surface area contributed by atoms with Gasteiger partial charge in [0.15, 0.2) is 5.82 Å². The van der Waals surface area contributed by atoms with Crippen molar-refractivity contribution in [3.8, 4) is 10.6 Å². The smallest absolute Gasteiger partial charge is 0.291 e. The van der Waals surface area contributed by atoms with Crippen LogP contribution in [0.2, 0.25) is 5.02 Å². The zero-order valence-electron chi connectivity index (χ0n) is 14.0. The third-order valence-electron chi connectivity index (χ3n) is 3.50. The SMILES string of the molecule is Cc1csc(-c2ncc(NC(=O)NC(=O)c3ccccc3Cl)nc2C)c1. The fourth-order valence-electron chi connectivity index (χ4n) is 2.30. The summed E-state index contributed by atoms with van der Waals surface area (Å²) in [5.74, 6) is -0.340. The Balaban J connectivity index is 1.69. The molecule has 0 atom stereocenters. The van der Waals surface area contributed by atoms with Gasteiger partial charge in [-0.2, -0.15) is 0 Å². The molecule has 26 heavy (non-hydrogen) atoms. The molecule has 1 aromatic carbocycles. The minimum atomic E-state index is -0.705. The minimum Gasteiger partial charge on any atom is -0.291 e. The first-order chi connectivity index (χ1) is 12.4. The van der Waals surface area contributed by atoms with E-state index < -0.39 is 11.9 Å². The maximum Gasteiger partial charge on any atom is 0.327 e. The van der Waals surface area contributed by atoms with Gasteiger partial charge in [-0.05, 0) is 43.0 Å². The second-order valence-corrected chi connectivity index (χ2v) is 6.88. The van der Waals surface area contributed by atoms with Gasteiger partial charge >= 0.3 is 6.03 Å². The number of imide groups is 1. The highest BCUT2D eigenvalue weighted by molar-refractivity contribution is 7.13. The third-order valence-corrected chi connectivity index (χ3v) is 4.88. The number of hydrogen-bond donors (Lipinski definition) is 2. The van der Waals surface area contributed by atoms with Gasteiger partial charge in [-0.1, -0.05) is 23.7 Å². The third kappa shape index (κ3) is 4.07. The summed E-state index contributed by atoms with van der Waals surface area (Å²) in [5, 5.41) is 7.02. The molecule has 0 aliphatic carbocycles. The molecule has 2 heterocycles. The van der Waals surface area contributed by atoms with Gasteiger partial charge in [0.1, 0.15) is 5.69 Å². The number of hydrogen-bond acceptors (Lipinski definition) is 5. The first-order valence-electron chi connectivity index (χ1n) is 7.70. The number of anilines is 1. The van der Waals surface area contributed by atoms with E-state index in [1.807, 2.05) is 25.3 Å². The molecule has 8 heteroatoms. The quantitative estimate of drug-likeness (QED) is 0.697. The largest absolute Gasteiger partial charge is 0.327 e. The number of aromatic nitrogens is 2. The van der Waals surface area contributed by atoms with Crippen molar-refractivity contribution in [1.82, 2.24) is 15.3 Å². The lowest BCUT2D eigenvalue weighted by molar-refractivity contribution is 0.0967. The van der Waals surface area contributed by atoms with Crippen LogP contribution in [-0.2, 0) is 0 Å². The summed E-state index contributed by atoms with van der Waals surface area (Å²) in [5.41, 5.74) is 2.82. The molecule has 0 unspecified atom stereocenters. The van der Waals surface area contributed by atoms with Gasteiger partial charge in [0.25, 0.3) is 5.91 Å². The van der Waals surface area contributed by atoms with Crippen LogP contribution in [0.15, 0.2) is 41.9 Å². The van der Waals surface area contributed by atoms with Crippen LogP contribution >= 0.6 is 22.9 Å². The van der Waals surface area contributed by atoms with E-state index in [2.05, 4.69) is 20.6 Å². The molecule has 0 bridgehead atoms. The average Bonchev–Trinajstić information content (AvgIpc) is 3.01. The number of benzene rings is 1. The number of rotatable bonds is 3. The van der Waals surface area contributed by atoms with Gasteiger partial charge in [-0.3, -0.25) is 15.4 Å². The molecular formula is C18H15ClN4O2S. The molecular weight excluding hydrogens is 372 g/mol. The van der Waals surface area contributed by atoms with E-state index in [0.717, 1.165) is 16.1 Å². The Labute approximate surface area is 159 Å². The summed E-state index contributed by atoms with van der Waals surface area (Å²) in [6.45, 7) is 3.83. The van der Waals surface area contributed by atoms with Crippen molar-refractivity contribution >= 4 is 40.7 Å². The zero-order valence-corrected chi connectivity index (χ0v) is 15.6. The highest BCUT2D eigenvalue weighted by Gasteiger charge is 2.14. The summed E-state index contributed by atoms with van der Waals surface area (Å²) in [4.78, 5) is 33.8. The fraction of sp³-hybridized carbons (Fsp3) is 0.111. The molecule has 0 saturated carbocycles. The van der Waals surface area contributed by atoms with E-state index in [4.69, 9.17) is 11.6 Å². The van der Waals surface area contributed by atoms with Gasteiger partial charge in [-0.25, -0.2) is 14.8 Å². The Bertz CT molecular complexity index is 987. The Kier molecular flexibility index (Phi) is 5.29. The van der Waals surface area contributed by atoms with Crippen molar-refractivity contribution in [3.63, 3.8) is 0 Å². The normalized spacial score (nSPS) is 10.4. The van der Waals surface area contributed by atoms with Gasteiger partial charge in [0.05, 0.1) is 27.4 Å². The molecule has 0 fully saturated rings. The van der Waals surface area contributed by atoms with Gasteiger partial charge in [0.2, 0.25) is 0 Å². The molecule has 3 amide bonds. The van der Waals surface area contributed by atoms with Gasteiger partial charge in [0, 0.05) is 0 Å². The summed E-state index contributed by atoms with van der Waals surface area (Å²) in [6, 6.07) is 7.81. The Morgan fingerprint density at radius 1 is 1.19 bits per heavy atom. The van der Waals surface area contributed by atoms with Crippen LogP contribution in [0.4, 0.5) is 10.6 Å². The average molecular weight is 387 g/mol. The van der Waals surface area contributed by atoms with E-state index in [1.165, 1.54) is 12.3 Å². The number of urea groups is 1. The Hall–Kier alpha value is -2.77. The maximum atomic E-state index is 12.1. The number of thiophene rings is 1. The van der Waals surface area contributed by atoms with E-state index >= 15 is 0 Å². The second kappa shape index (κ2) is 7.63. The number of aryl methyl sites for hydroxylation is 2. The lowest BCUT2D eigenvalue weighted by atomic mass is 10.2. The lowest BCUT2D eigenvalue weighted by Gasteiger charge is -2.08. The second-order valence-electron chi connectivity index (χ2n) is 5.57. The van der Waals surface area contributed by atoms with E-state index in [-0.39, 0.29) is 16.4 Å². The van der Waals surface area contributed by atoms with Crippen molar-refractivity contribution in [2.45, 2.75) is 13.8 Å². The van der Waals surface area contributed by atoms with Crippen LogP contribution in [0.3, 0.4) is 0 Å². The maximum absolute atomic E-state index is 12.1. The van der Waals surface area contributed by atoms with Crippen molar-refractivity contribution in [1.29, 1.82) is 0 Å². The lowest BCUT2D eigenvalue weighted by Crippen LogP contribution is -2.34. The first-order valence-corrected chi connectivity index (χ1v) is 8.96. The van der Waals surface area contributed by atoms with E-state index in [0.29, 0.717) is 5.69 Å². The fourth-order valence-corrected chi connectivity index (χ4v) is 3.47. The molecule has 0 saturated heterocycles. The highest BCUT2D eigenvalue weighted by atomic mass is 35.5. The summed E-state index contributed by atoms with van der Waals surface area (Å²) >= 11 is 7.53. The zero-order chi connectivity index (χ0) is 18.7. The van der Waals surface area contributed by atoms with Crippen LogP contribution in [0.5, 0.6) is 0 Å². The number of nitrogens with one attached hydrogen (secondary N) is 2. The number of nitrogens with zero attached hydrogens (tertiary/aromatic N) is 2. The molecule has 132 valence electrons. The van der Waals surface area contributed by atoms with E-state index in [9.17, 15) is 9.59 Å². The van der Waals surface area contributed by atoms with Crippen LogP contribution in [0.1, 0.15) is 21.6 Å². The predicted octanol–water partition coefficient (Wildman–Crippen LogP) is 4.44. The molecule has 0 aliphatic heterocycles. The standard InChI is InChI=1S/C18H15ClN4O2S/c1-10-7-14(26-9-10)16-11(2)21-15(8-20-16)22-18(25)23-17(24)12-5-3-4-6-13(12)19/h3-9H,1-2H3,(H2,21,22,23,24,25).